The highest BCUT2D eigenvalue weighted by atomic mass is 16.2. The highest BCUT2D eigenvalue weighted by Gasteiger charge is 2.49. The summed E-state index contributed by atoms with van der Waals surface area (Å²) in [6.07, 6.45) is 3.19. The normalized spacial score (nSPS) is 22.5. The van der Waals surface area contributed by atoms with Crippen molar-refractivity contribution in [3.05, 3.63) is 12.7 Å². The van der Waals surface area contributed by atoms with Crippen LogP contribution < -0.4 is 0 Å². The summed E-state index contributed by atoms with van der Waals surface area (Å²) < 4.78 is 0. The minimum atomic E-state index is -0.440. The van der Waals surface area contributed by atoms with Gasteiger partial charge in [0.25, 0.3) is 0 Å². The lowest BCUT2D eigenvalue weighted by atomic mass is 9.83. The van der Waals surface area contributed by atoms with Gasteiger partial charge in [-0.05, 0) is 19.9 Å². The Morgan fingerprint density at radius 3 is 2.43 bits per heavy atom. The molecule has 0 aromatic rings. The number of hydrogen-bond acceptors (Lipinski definition) is 3. The smallest absolute Gasteiger partial charge is 0.319 e. The summed E-state index contributed by atoms with van der Waals surface area (Å²) in [7, 11) is 5.54. The van der Waals surface area contributed by atoms with Gasteiger partial charge in [0.05, 0.1) is 0 Å². The molecule has 2 aliphatic heterocycles. The van der Waals surface area contributed by atoms with E-state index in [4.69, 9.17) is 0 Å². The summed E-state index contributed by atoms with van der Waals surface area (Å²) in [5.41, 5.74) is -0.440. The quantitative estimate of drug-likeness (QED) is 0.695. The number of amides is 3. The first-order chi connectivity index (χ1) is 9.92. The lowest BCUT2D eigenvalue weighted by Crippen LogP contribution is -2.68. The molecule has 21 heavy (non-hydrogen) atoms. The van der Waals surface area contributed by atoms with E-state index in [0.29, 0.717) is 32.5 Å². The van der Waals surface area contributed by atoms with Gasteiger partial charge in [0, 0.05) is 46.8 Å². The minimum Gasteiger partial charge on any atom is -0.336 e. The average Bonchev–Trinajstić information content (AvgIpc) is 2.48. The molecule has 2 saturated heterocycles. The number of piperidine rings is 1. The van der Waals surface area contributed by atoms with Gasteiger partial charge in [0.2, 0.25) is 5.91 Å². The van der Waals surface area contributed by atoms with Gasteiger partial charge in [-0.15, -0.1) is 6.58 Å². The summed E-state index contributed by atoms with van der Waals surface area (Å²) in [6.45, 7) is 7.23. The van der Waals surface area contributed by atoms with Gasteiger partial charge in [0.15, 0.2) is 0 Å². The van der Waals surface area contributed by atoms with E-state index in [-0.39, 0.29) is 11.9 Å². The first-order valence-electron chi connectivity index (χ1n) is 7.50. The van der Waals surface area contributed by atoms with Crippen molar-refractivity contribution in [2.75, 3.05) is 53.9 Å². The third kappa shape index (κ3) is 2.77. The topological polar surface area (TPSA) is 47.1 Å². The molecule has 6 nitrogen and oxygen atoms in total. The summed E-state index contributed by atoms with van der Waals surface area (Å²) in [6, 6.07) is 0.0266. The van der Waals surface area contributed by atoms with Crippen LogP contribution in [0.4, 0.5) is 4.79 Å². The third-order valence-corrected chi connectivity index (χ3v) is 4.71. The molecule has 0 bridgehead atoms. The molecule has 2 aliphatic rings. The molecular weight excluding hydrogens is 268 g/mol. The number of carbonyl (C=O) groups is 2. The number of rotatable bonds is 2. The zero-order chi connectivity index (χ0) is 15.6. The van der Waals surface area contributed by atoms with Gasteiger partial charge in [-0.3, -0.25) is 9.69 Å². The number of likely N-dealkylation sites (N-methyl/N-ethyl adjacent to an activating group) is 1. The lowest BCUT2D eigenvalue weighted by molar-refractivity contribution is -0.153. The first-order valence-corrected chi connectivity index (χ1v) is 7.50. The Balaban J connectivity index is 2.10. The zero-order valence-corrected chi connectivity index (χ0v) is 13.3. The SMILES string of the molecule is C=CCN1CCN(C)C2(CCN(C(=O)N(C)C)CC2)C1=O. The van der Waals surface area contributed by atoms with E-state index >= 15 is 0 Å². The monoisotopic (exact) mass is 294 g/mol. The summed E-state index contributed by atoms with van der Waals surface area (Å²) in [5.74, 6) is 0.188. The van der Waals surface area contributed by atoms with Crippen LogP contribution in [0.2, 0.25) is 0 Å². The van der Waals surface area contributed by atoms with Gasteiger partial charge in [0.1, 0.15) is 5.54 Å². The fourth-order valence-corrected chi connectivity index (χ4v) is 3.32. The lowest BCUT2D eigenvalue weighted by Gasteiger charge is -2.51. The van der Waals surface area contributed by atoms with Crippen molar-refractivity contribution in [2.45, 2.75) is 18.4 Å². The van der Waals surface area contributed by atoms with Crippen LogP contribution in [0.3, 0.4) is 0 Å². The van der Waals surface area contributed by atoms with E-state index in [1.165, 1.54) is 0 Å². The number of hydrogen-bond donors (Lipinski definition) is 0. The molecule has 2 fully saturated rings. The maximum atomic E-state index is 12.8. The average molecular weight is 294 g/mol. The Bertz CT molecular complexity index is 427. The maximum absolute atomic E-state index is 12.8. The highest BCUT2D eigenvalue weighted by molar-refractivity contribution is 5.88. The van der Waals surface area contributed by atoms with Crippen LogP contribution in [0.1, 0.15) is 12.8 Å². The zero-order valence-electron chi connectivity index (χ0n) is 13.3. The summed E-state index contributed by atoms with van der Waals surface area (Å²) >= 11 is 0. The van der Waals surface area contributed by atoms with Crippen LogP contribution in [0.15, 0.2) is 12.7 Å². The Morgan fingerprint density at radius 1 is 1.29 bits per heavy atom. The second-order valence-corrected chi connectivity index (χ2v) is 6.16. The van der Waals surface area contributed by atoms with E-state index in [2.05, 4.69) is 11.5 Å². The summed E-state index contributed by atoms with van der Waals surface area (Å²) in [5, 5.41) is 0. The molecule has 0 atom stereocenters. The predicted octanol–water partition coefficient (Wildman–Crippen LogP) is 0.463. The number of nitrogens with zero attached hydrogens (tertiary/aromatic N) is 4. The minimum absolute atomic E-state index is 0.0266. The molecule has 3 amide bonds. The van der Waals surface area contributed by atoms with Crippen LogP contribution in [-0.2, 0) is 4.79 Å². The van der Waals surface area contributed by atoms with Gasteiger partial charge < -0.3 is 14.7 Å². The molecule has 6 heteroatoms. The number of carbonyl (C=O) groups excluding carboxylic acids is 2. The van der Waals surface area contributed by atoms with Crippen LogP contribution in [-0.4, -0.2) is 90.9 Å². The number of piperazine rings is 1. The standard InChI is InChI=1S/C15H26N4O2/c1-5-8-18-12-11-17(4)15(13(18)20)6-9-19(10-7-15)14(21)16(2)3/h5H,1,6-12H2,2-4H3. The molecular formula is C15H26N4O2. The van der Waals surface area contributed by atoms with Crippen molar-refractivity contribution < 1.29 is 9.59 Å². The molecule has 0 N–H and O–H groups in total. The second-order valence-electron chi connectivity index (χ2n) is 6.16. The molecule has 0 radical (unpaired) electrons. The van der Waals surface area contributed by atoms with Crippen LogP contribution in [0.25, 0.3) is 0 Å². The molecule has 118 valence electrons. The van der Waals surface area contributed by atoms with Gasteiger partial charge in [-0.1, -0.05) is 6.08 Å². The van der Waals surface area contributed by atoms with Gasteiger partial charge >= 0.3 is 6.03 Å². The summed E-state index contributed by atoms with van der Waals surface area (Å²) in [4.78, 5) is 32.3. The second kappa shape index (κ2) is 6.05. The Kier molecular flexibility index (Phi) is 4.56. The van der Waals surface area contributed by atoms with Crippen molar-refractivity contribution in [1.29, 1.82) is 0 Å². The predicted molar refractivity (Wildman–Crippen MR) is 82.0 cm³/mol. The highest BCUT2D eigenvalue weighted by Crippen LogP contribution is 2.33. The fourth-order valence-electron chi connectivity index (χ4n) is 3.32. The van der Waals surface area contributed by atoms with E-state index in [9.17, 15) is 9.59 Å². The van der Waals surface area contributed by atoms with Crippen LogP contribution >= 0.6 is 0 Å². The largest absolute Gasteiger partial charge is 0.336 e. The Labute approximate surface area is 127 Å². The van der Waals surface area contributed by atoms with Crippen LogP contribution in [0, 0.1) is 0 Å². The van der Waals surface area contributed by atoms with E-state index < -0.39 is 5.54 Å². The van der Waals surface area contributed by atoms with Crippen molar-refractivity contribution >= 4 is 11.9 Å². The molecule has 0 aromatic heterocycles. The number of likely N-dealkylation sites (tertiary alicyclic amines) is 1. The van der Waals surface area contributed by atoms with E-state index in [1.54, 1.807) is 25.1 Å². The van der Waals surface area contributed by atoms with Crippen molar-refractivity contribution in [3.8, 4) is 0 Å². The van der Waals surface area contributed by atoms with Gasteiger partial charge in [-0.2, -0.15) is 0 Å². The van der Waals surface area contributed by atoms with Crippen molar-refractivity contribution in [3.63, 3.8) is 0 Å². The Morgan fingerprint density at radius 2 is 1.90 bits per heavy atom. The molecule has 0 saturated carbocycles. The molecule has 2 heterocycles. The molecule has 0 aliphatic carbocycles. The van der Waals surface area contributed by atoms with E-state index in [0.717, 1.165) is 13.1 Å². The Hall–Kier alpha value is -1.56. The third-order valence-electron chi connectivity index (χ3n) is 4.71. The molecule has 0 unspecified atom stereocenters. The molecule has 2 rings (SSSR count). The molecule has 1 spiro atoms. The number of urea groups is 1. The maximum Gasteiger partial charge on any atom is 0.319 e. The van der Waals surface area contributed by atoms with Gasteiger partial charge in [-0.25, -0.2) is 4.79 Å². The molecule has 0 aromatic carbocycles. The van der Waals surface area contributed by atoms with Crippen molar-refractivity contribution in [1.82, 2.24) is 19.6 Å². The first kappa shape index (κ1) is 15.8. The van der Waals surface area contributed by atoms with Crippen molar-refractivity contribution in [2.24, 2.45) is 0 Å². The van der Waals surface area contributed by atoms with E-state index in [1.807, 2.05) is 16.8 Å². The van der Waals surface area contributed by atoms with Crippen LogP contribution in [0.5, 0.6) is 0 Å². The fraction of sp³-hybridized carbons (Fsp3) is 0.733.